The maximum atomic E-state index is 11.4. The lowest BCUT2D eigenvalue weighted by Gasteiger charge is -2.22. The minimum Gasteiger partial charge on any atom is -1.00 e. The molecule has 4 rings (SSSR count). The van der Waals surface area contributed by atoms with E-state index in [1.54, 1.807) is 11.3 Å². The van der Waals surface area contributed by atoms with Crippen LogP contribution < -0.4 is 21.9 Å². The first-order chi connectivity index (χ1) is 10.3. The van der Waals surface area contributed by atoms with Crippen molar-refractivity contribution in [2.75, 3.05) is 18.0 Å². The van der Waals surface area contributed by atoms with Crippen molar-refractivity contribution < 1.29 is 26.7 Å². The molecule has 3 heterocycles. The molecule has 0 radical (unpaired) electrons. The van der Waals surface area contributed by atoms with Crippen LogP contribution in [0.4, 0.5) is 5.69 Å². The monoisotopic (exact) mass is 378 g/mol. The van der Waals surface area contributed by atoms with Crippen molar-refractivity contribution in [2.45, 2.75) is 25.0 Å². The van der Waals surface area contributed by atoms with Crippen molar-refractivity contribution in [3.63, 3.8) is 0 Å². The van der Waals surface area contributed by atoms with Gasteiger partial charge < -0.3 is 22.1 Å². The Labute approximate surface area is 145 Å². The Balaban J connectivity index is 0.00000144. The Hall–Kier alpha value is -1.17. The topological polar surface area (TPSA) is 26.5 Å². The molecule has 0 amide bonds. The van der Waals surface area contributed by atoms with Gasteiger partial charge in [-0.3, -0.25) is 0 Å². The SMILES string of the molecule is OC1(c2cccs2)CN(c2ccccc2)C2=[N+]1CCCC2.[Br-]. The smallest absolute Gasteiger partial charge is 0.280 e. The van der Waals surface area contributed by atoms with E-state index in [2.05, 4.69) is 33.7 Å². The van der Waals surface area contributed by atoms with Gasteiger partial charge in [0, 0.05) is 6.42 Å². The summed E-state index contributed by atoms with van der Waals surface area (Å²) in [6.45, 7) is 1.56. The molecule has 2 aliphatic rings. The molecule has 0 fully saturated rings. The normalized spacial score (nSPS) is 24.1. The van der Waals surface area contributed by atoms with Gasteiger partial charge in [-0.05, 0) is 36.4 Å². The predicted molar refractivity (Wildman–Crippen MR) is 86.0 cm³/mol. The summed E-state index contributed by atoms with van der Waals surface area (Å²) in [6, 6.07) is 14.5. The first kappa shape index (κ1) is 15.7. The summed E-state index contributed by atoms with van der Waals surface area (Å²) in [4.78, 5) is 3.33. The highest BCUT2D eigenvalue weighted by Crippen LogP contribution is 2.37. The van der Waals surface area contributed by atoms with Gasteiger partial charge in [-0.25, -0.2) is 9.48 Å². The maximum Gasteiger partial charge on any atom is 0.280 e. The Morgan fingerprint density at radius 1 is 1.09 bits per heavy atom. The summed E-state index contributed by atoms with van der Waals surface area (Å²) in [7, 11) is 0. The second kappa shape index (κ2) is 6.14. The molecule has 2 aliphatic heterocycles. The molecule has 0 spiro atoms. The summed E-state index contributed by atoms with van der Waals surface area (Å²) in [6.07, 6.45) is 3.40. The number of amidine groups is 1. The molecule has 5 heteroatoms. The fraction of sp³-hybridized carbons (Fsp3) is 0.353. The third-order valence-electron chi connectivity index (χ3n) is 4.46. The third-order valence-corrected chi connectivity index (χ3v) is 5.47. The van der Waals surface area contributed by atoms with Crippen molar-refractivity contribution in [2.24, 2.45) is 0 Å². The maximum absolute atomic E-state index is 11.4. The van der Waals surface area contributed by atoms with E-state index in [-0.39, 0.29) is 17.0 Å². The Morgan fingerprint density at radius 3 is 2.64 bits per heavy atom. The average Bonchev–Trinajstić information content (AvgIpc) is 3.17. The second-order valence-electron chi connectivity index (χ2n) is 5.74. The van der Waals surface area contributed by atoms with E-state index in [4.69, 9.17) is 0 Å². The van der Waals surface area contributed by atoms with Gasteiger partial charge in [0.05, 0.1) is 11.4 Å². The molecule has 22 heavy (non-hydrogen) atoms. The molecule has 0 aliphatic carbocycles. The van der Waals surface area contributed by atoms with Crippen LogP contribution in [0.1, 0.15) is 24.1 Å². The van der Waals surface area contributed by atoms with Gasteiger partial charge in [-0.15, -0.1) is 11.3 Å². The van der Waals surface area contributed by atoms with Crippen LogP contribution in [0.5, 0.6) is 0 Å². The van der Waals surface area contributed by atoms with Gasteiger partial charge in [0.15, 0.2) is 6.54 Å². The number of aliphatic hydroxyl groups is 1. The van der Waals surface area contributed by atoms with Gasteiger partial charge in [0.1, 0.15) is 5.69 Å². The van der Waals surface area contributed by atoms with E-state index in [9.17, 15) is 5.11 Å². The Kier molecular flexibility index (Phi) is 4.39. The van der Waals surface area contributed by atoms with Crippen LogP contribution in [0, 0.1) is 0 Å². The zero-order valence-electron chi connectivity index (χ0n) is 12.3. The number of β-amino-alcohol motifs (C(OH)–C–C–N with tert-alkyl or cyclic N) is 1. The van der Waals surface area contributed by atoms with Gasteiger partial charge >= 0.3 is 0 Å². The second-order valence-corrected chi connectivity index (χ2v) is 6.69. The molecule has 2 aromatic rings. The highest BCUT2D eigenvalue weighted by atomic mass is 79.9. The van der Waals surface area contributed by atoms with Crippen molar-refractivity contribution >= 4 is 22.9 Å². The number of halogens is 1. The van der Waals surface area contributed by atoms with E-state index in [0.717, 1.165) is 24.3 Å². The van der Waals surface area contributed by atoms with Gasteiger partial charge in [0.2, 0.25) is 0 Å². The molecule has 1 N–H and O–H groups in total. The van der Waals surface area contributed by atoms with Crippen LogP contribution in [-0.2, 0) is 5.72 Å². The van der Waals surface area contributed by atoms with Crippen LogP contribution in [0.2, 0.25) is 0 Å². The molecule has 1 unspecified atom stereocenters. The van der Waals surface area contributed by atoms with Crippen molar-refractivity contribution in [3.8, 4) is 0 Å². The standard InChI is InChI=1S/C17H19N2OS.BrH/c20-17(15-9-6-12-21-15)13-18(14-7-2-1-3-8-14)16-10-4-5-11-19(16)17;/h1-3,6-9,12,20H,4-5,10-11,13H2;1H/q+1;/p-1. The summed E-state index contributed by atoms with van der Waals surface area (Å²) in [5.41, 5.74) is 0.298. The number of anilines is 1. The lowest BCUT2D eigenvalue weighted by Crippen LogP contribution is -3.00. The third kappa shape index (κ3) is 2.41. The van der Waals surface area contributed by atoms with Crippen LogP contribution in [0.25, 0.3) is 0 Å². The lowest BCUT2D eigenvalue weighted by atomic mass is 10.1. The molecule has 0 bridgehead atoms. The number of hydrogen-bond acceptors (Lipinski definition) is 3. The number of nitrogens with zero attached hydrogens (tertiary/aromatic N) is 2. The first-order valence-corrected chi connectivity index (χ1v) is 8.39. The largest absolute Gasteiger partial charge is 1.00 e. The van der Waals surface area contributed by atoms with E-state index in [0.29, 0.717) is 6.54 Å². The average molecular weight is 379 g/mol. The number of benzene rings is 1. The van der Waals surface area contributed by atoms with Gasteiger partial charge in [-0.1, -0.05) is 24.3 Å². The number of hydrogen-bond donors (Lipinski definition) is 1. The van der Waals surface area contributed by atoms with Crippen molar-refractivity contribution in [1.82, 2.24) is 0 Å². The van der Waals surface area contributed by atoms with E-state index < -0.39 is 5.72 Å². The van der Waals surface area contributed by atoms with E-state index in [1.807, 2.05) is 23.6 Å². The Bertz CT molecular complexity index is 671. The summed E-state index contributed by atoms with van der Waals surface area (Å²) in [5.74, 6) is 1.27. The fourth-order valence-electron chi connectivity index (χ4n) is 3.46. The molecule has 1 aromatic carbocycles. The number of thiophene rings is 1. The molecular formula is C17H19BrN2OS. The van der Waals surface area contributed by atoms with E-state index in [1.165, 1.54) is 17.9 Å². The zero-order chi connectivity index (χ0) is 14.3. The molecule has 3 nitrogen and oxygen atoms in total. The highest BCUT2D eigenvalue weighted by Gasteiger charge is 2.53. The summed E-state index contributed by atoms with van der Waals surface area (Å²) >= 11 is 1.64. The first-order valence-electron chi connectivity index (χ1n) is 7.51. The van der Waals surface area contributed by atoms with Crippen LogP contribution in [-0.4, -0.2) is 28.6 Å². The minimum atomic E-state index is -0.875. The fourth-order valence-corrected chi connectivity index (χ4v) is 4.28. The van der Waals surface area contributed by atoms with E-state index >= 15 is 0 Å². The Morgan fingerprint density at radius 2 is 1.91 bits per heavy atom. The molecule has 1 aromatic heterocycles. The highest BCUT2D eigenvalue weighted by molar-refractivity contribution is 7.10. The lowest BCUT2D eigenvalue weighted by molar-refractivity contribution is -0.660. The van der Waals surface area contributed by atoms with Crippen molar-refractivity contribution in [1.29, 1.82) is 0 Å². The molecule has 0 saturated carbocycles. The molecule has 0 saturated heterocycles. The predicted octanol–water partition coefficient (Wildman–Crippen LogP) is 0.0123. The van der Waals surface area contributed by atoms with Gasteiger partial charge in [-0.2, -0.15) is 0 Å². The van der Waals surface area contributed by atoms with Gasteiger partial charge in [0.25, 0.3) is 11.6 Å². The van der Waals surface area contributed by atoms with Crippen molar-refractivity contribution in [3.05, 3.63) is 52.7 Å². The quantitative estimate of drug-likeness (QED) is 0.745. The van der Waals surface area contributed by atoms with Crippen LogP contribution in [0.15, 0.2) is 47.8 Å². The number of rotatable bonds is 2. The number of para-hydroxylation sites is 1. The van der Waals surface area contributed by atoms with Crippen LogP contribution >= 0.6 is 11.3 Å². The molecule has 1 atom stereocenters. The zero-order valence-corrected chi connectivity index (χ0v) is 14.7. The molecular weight excluding hydrogens is 360 g/mol. The van der Waals surface area contributed by atoms with Crippen LogP contribution in [0.3, 0.4) is 0 Å². The minimum absolute atomic E-state index is 0. The summed E-state index contributed by atoms with van der Waals surface area (Å²) < 4.78 is 2.22. The molecule has 116 valence electrons. The summed E-state index contributed by atoms with van der Waals surface area (Å²) in [5, 5.41) is 13.4.